The van der Waals surface area contributed by atoms with Gasteiger partial charge in [0.1, 0.15) is 10.8 Å². The van der Waals surface area contributed by atoms with Gasteiger partial charge in [0.05, 0.1) is 18.0 Å². The lowest BCUT2D eigenvalue weighted by molar-refractivity contribution is 0.0997. The SMILES string of the molecule is Cc1cccc(NC(c2ccccn2)c2c(NC(=O)c3ccco3)sc3c2CCCC3)n1. The van der Waals surface area contributed by atoms with E-state index in [0.29, 0.717) is 5.76 Å². The summed E-state index contributed by atoms with van der Waals surface area (Å²) in [6.07, 6.45) is 7.63. The zero-order chi connectivity index (χ0) is 21.9. The average molecular weight is 445 g/mol. The van der Waals surface area contributed by atoms with E-state index in [4.69, 9.17) is 4.42 Å². The van der Waals surface area contributed by atoms with Crippen molar-refractivity contribution in [2.75, 3.05) is 10.6 Å². The van der Waals surface area contributed by atoms with Crippen LogP contribution in [-0.2, 0) is 12.8 Å². The van der Waals surface area contributed by atoms with Gasteiger partial charge in [-0.1, -0.05) is 12.1 Å². The third-order valence-corrected chi connectivity index (χ3v) is 6.86. The largest absolute Gasteiger partial charge is 0.459 e. The number of amides is 1. The van der Waals surface area contributed by atoms with E-state index in [2.05, 4.69) is 20.6 Å². The van der Waals surface area contributed by atoms with Gasteiger partial charge in [0.2, 0.25) is 0 Å². The molecule has 32 heavy (non-hydrogen) atoms. The molecule has 0 saturated carbocycles. The first kappa shape index (κ1) is 20.5. The summed E-state index contributed by atoms with van der Waals surface area (Å²) in [5, 5.41) is 7.55. The molecule has 0 radical (unpaired) electrons. The van der Waals surface area contributed by atoms with Crippen molar-refractivity contribution in [1.29, 1.82) is 0 Å². The number of rotatable bonds is 6. The Labute approximate surface area is 190 Å². The molecular weight excluding hydrogens is 420 g/mol. The lowest BCUT2D eigenvalue weighted by Crippen LogP contribution is -2.19. The van der Waals surface area contributed by atoms with Crippen LogP contribution in [0.15, 0.2) is 65.4 Å². The second-order valence-electron chi connectivity index (χ2n) is 7.88. The van der Waals surface area contributed by atoms with E-state index >= 15 is 0 Å². The summed E-state index contributed by atoms with van der Waals surface area (Å²) in [7, 11) is 0. The third-order valence-electron chi connectivity index (χ3n) is 5.64. The fraction of sp³-hybridized carbons (Fsp3) is 0.240. The summed E-state index contributed by atoms with van der Waals surface area (Å²) < 4.78 is 5.32. The molecule has 2 N–H and O–H groups in total. The Kier molecular flexibility index (Phi) is 5.73. The molecule has 1 amide bonds. The van der Waals surface area contributed by atoms with Crippen LogP contribution in [0, 0.1) is 6.92 Å². The maximum absolute atomic E-state index is 12.9. The van der Waals surface area contributed by atoms with Gasteiger partial charge in [-0.2, -0.15) is 0 Å². The monoisotopic (exact) mass is 444 g/mol. The number of pyridine rings is 2. The number of furan rings is 1. The molecule has 4 aromatic heterocycles. The number of anilines is 2. The standard InChI is InChI=1S/C25H24N4O2S/c1-16-8-6-13-21(27-16)28-23(18-10-4-5-14-26-18)22-17-9-2-3-12-20(17)32-25(22)29-24(30)19-11-7-15-31-19/h4-8,10-11,13-15,23H,2-3,9,12H2,1H3,(H,27,28)(H,29,30). The van der Waals surface area contributed by atoms with Gasteiger partial charge in [-0.25, -0.2) is 4.98 Å². The van der Waals surface area contributed by atoms with Crippen LogP contribution in [0.2, 0.25) is 0 Å². The van der Waals surface area contributed by atoms with Crippen LogP contribution in [0.3, 0.4) is 0 Å². The van der Waals surface area contributed by atoms with E-state index < -0.39 is 0 Å². The minimum Gasteiger partial charge on any atom is -0.459 e. The van der Waals surface area contributed by atoms with Crippen molar-refractivity contribution in [2.24, 2.45) is 0 Å². The van der Waals surface area contributed by atoms with Gasteiger partial charge < -0.3 is 15.1 Å². The van der Waals surface area contributed by atoms with Crippen LogP contribution in [0.1, 0.15) is 56.8 Å². The maximum atomic E-state index is 12.9. The summed E-state index contributed by atoms with van der Waals surface area (Å²) in [4.78, 5) is 23.5. The molecule has 4 heterocycles. The molecule has 1 unspecified atom stereocenters. The molecule has 4 aromatic rings. The predicted molar refractivity (Wildman–Crippen MR) is 126 cm³/mol. The van der Waals surface area contributed by atoms with E-state index in [0.717, 1.165) is 47.0 Å². The van der Waals surface area contributed by atoms with Crippen molar-refractivity contribution >= 4 is 28.1 Å². The number of fused-ring (bicyclic) bond motifs is 1. The zero-order valence-electron chi connectivity index (χ0n) is 17.8. The third kappa shape index (κ3) is 4.16. The Morgan fingerprint density at radius 1 is 1.09 bits per heavy atom. The van der Waals surface area contributed by atoms with Crippen LogP contribution in [0.25, 0.3) is 0 Å². The molecule has 1 atom stereocenters. The molecule has 0 fully saturated rings. The molecule has 0 aromatic carbocycles. The van der Waals surface area contributed by atoms with E-state index in [9.17, 15) is 4.79 Å². The van der Waals surface area contributed by atoms with Gasteiger partial charge in [0.15, 0.2) is 5.76 Å². The first-order valence-corrected chi connectivity index (χ1v) is 11.6. The second kappa shape index (κ2) is 8.96. The summed E-state index contributed by atoms with van der Waals surface area (Å²) in [5.74, 6) is 0.827. The first-order valence-electron chi connectivity index (χ1n) is 10.8. The fourth-order valence-electron chi connectivity index (χ4n) is 4.17. The Bertz CT molecular complexity index is 1220. The Morgan fingerprint density at radius 2 is 2.00 bits per heavy atom. The van der Waals surface area contributed by atoms with E-state index in [1.807, 2.05) is 43.3 Å². The van der Waals surface area contributed by atoms with E-state index in [1.165, 1.54) is 23.1 Å². The van der Waals surface area contributed by atoms with Crippen LogP contribution < -0.4 is 10.6 Å². The van der Waals surface area contributed by atoms with Crippen molar-refractivity contribution in [3.63, 3.8) is 0 Å². The van der Waals surface area contributed by atoms with Gasteiger partial charge in [-0.15, -0.1) is 11.3 Å². The quantitative estimate of drug-likeness (QED) is 0.394. The first-order chi connectivity index (χ1) is 15.7. The number of hydrogen-bond donors (Lipinski definition) is 2. The van der Waals surface area contributed by atoms with E-state index in [1.54, 1.807) is 29.7 Å². The van der Waals surface area contributed by atoms with Crippen LogP contribution in [-0.4, -0.2) is 15.9 Å². The van der Waals surface area contributed by atoms with Crippen molar-refractivity contribution in [1.82, 2.24) is 9.97 Å². The number of thiophene rings is 1. The Hall–Kier alpha value is -3.45. The highest BCUT2D eigenvalue weighted by Gasteiger charge is 2.30. The highest BCUT2D eigenvalue weighted by Crippen LogP contribution is 2.44. The van der Waals surface area contributed by atoms with Crippen LogP contribution >= 0.6 is 11.3 Å². The molecule has 0 bridgehead atoms. The minimum absolute atomic E-state index is 0.240. The van der Waals surface area contributed by atoms with Crippen molar-refractivity contribution in [2.45, 2.75) is 38.6 Å². The zero-order valence-corrected chi connectivity index (χ0v) is 18.6. The smallest absolute Gasteiger partial charge is 0.291 e. The molecule has 1 aliphatic rings. The molecule has 0 saturated heterocycles. The fourth-order valence-corrected chi connectivity index (χ4v) is 5.50. The number of carbonyl (C=O) groups excluding carboxylic acids is 1. The highest BCUT2D eigenvalue weighted by atomic mass is 32.1. The van der Waals surface area contributed by atoms with Crippen molar-refractivity contribution in [3.8, 4) is 0 Å². The Balaban J connectivity index is 1.61. The molecule has 5 rings (SSSR count). The maximum Gasteiger partial charge on any atom is 0.291 e. The molecule has 0 spiro atoms. The number of hydrogen-bond acceptors (Lipinski definition) is 6. The minimum atomic E-state index is -0.247. The predicted octanol–water partition coefficient (Wildman–Crippen LogP) is 5.77. The molecule has 162 valence electrons. The summed E-state index contributed by atoms with van der Waals surface area (Å²) in [6.45, 7) is 1.97. The molecule has 7 heteroatoms. The highest BCUT2D eigenvalue weighted by molar-refractivity contribution is 7.16. The number of aromatic nitrogens is 2. The molecule has 0 aliphatic heterocycles. The molecule has 1 aliphatic carbocycles. The topological polar surface area (TPSA) is 80.0 Å². The number of carbonyl (C=O) groups is 1. The molecule has 6 nitrogen and oxygen atoms in total. The van der Waals surface area contributed by atoms with Gasteiger partial charge in [0.25, 0.3) is 5.91 Å². The van der Waals surface area contributed by atoms with Crippen molar-refractivity contribution in [3.05, 3.63) is 94.1 Å². The second-order valence-corrected chi connectivity index (χ2v) is 8.99. The summed E-state index contributed by atoms with van der Waals surface area (Å²) >= 11 is 1.66. The summed E-state index contributed by atoms with van der Waals surface area (Å²) in [6, 6.07) is 15.0. The average Bonchev–Trinajstić information content (AvgIpc) is 3.46. The number of nitrogens with zero attached hydrogens (tertiary/aromatic N) is 2. The van der Waals surface area contributed by atoms with E-state index in [-0.39, 0.29) is 11.9 Å². The van der Waals surface area contributed by atoms with Crippen LogP contribution in [0.5, 0.6) is 0 Å². The van der Waals surface area contributed by atoms with Crippen molar-refractivity contribution < 1.29 is 9.21 Å². The normalized spacial score (nSPS) is 13.9. The molecular formula is C25H24N4O2S. The lowest BCUT2D eigenvalue weighted by atomic mass is 9.91. The van der Waals surface area contributed by atoms with Gasteiger partial charge >= 0.3 is 0 Å². The number of nitrogens with one attached hydrogen (secondary N) is 2. The lowest BCUT2D eigenvalue weighted by Gasteiger charge is -2.23. The van der Waals surface area contributed by atoms with Gasteiger partial charge in [-0.3, -0.25) is 9.78 Å². The number of aryl methyl sites for hydroxylation is 2. The summed E-state index contributed by atoms with van der Waals surface area (Å²) in [5.41, 5.74) is 4.21. The van der Waals surface area contributed by atoms with Gasteiger partial charge in [0, 0.05) is 22.3 Å². The Morgan fingerprint density at radius 3 is 2.78 bits per heavy atom. The van der Waals surface area contributed by atoms with Gasteiger partial charge in [-0.05, 0) is 74.6 Å². The van der Waals surface area contributed by atoms with Crippen LogP contribution in [0.4, 0.5) is 10.8 Å².